The van der Waals surface area contributed by atoms with Crippen molar-refractivity contribution in [1.29, 1.82) is 0 Å². The number of hydrogen-bond donors (Lipinski definition) is 2. The highest BCUT2D eigenvalue weighted by Gasteiger charge is 2.05. The first-order chi connectivity index (χ1) is 5.24. The van der Waals surface area contributed by atoms with Crippen molar-refractivity contribution in [3.05, 3.63) is 18.2 Å². The summed E-state index contributed by atoms with van der Waals surface area (Å²) in [5.41, 5.74) is 5.84. The van der Waals surface area contributed by atoms with Crippen LogP contribution >= 0.6 is 0 Å². The molecule has 1 aromatic heterocycles. The van der Waals surface area contributed by atoms with Gasteiger partial charge in [0.1, 0.15) is 12.6 Å². The van der Waals surface area contributed by atoms with Crippen LogP contribution in [0.25, 0.3) is 0 Å². The van der Waals surface area contributed by atoms with Gasteiger partial charge in [0.05, 0.1) is 17.9 Å². The predicted octanol–water partition coefficient (Wildman–Crippen LogP) is -0.811. The number of carbonyl (C=O) groups is 1. The standard InChI is InChI=1S/C6H9N3O2/c7-5(3-10)1-6-2-8-4-9(6)11/h2-5,11H,1,7H2/t5-/m0/s1. The number of nitrogens with zero attached hydrogens (tertiary/aromatic N) is 2. The lowest BCUT2D eigenvalue weighted by atomic mass is 10.2. The molecule has 11 heavy (non-hydrogen) atoms. The van der Waals surface area contributed by atoms with Crippen LogP contribution in [0.15, 0.2) is 12.5 Å². The van der Waals surface area contributed by atoms with Gasteiger partial charge in [0.25, 0.3) is 0 Å². The zero-order valence-corrected chi connectivity index (χ0v) is 5.84. The topological polar surface area (TPSA) is 81.1 Å². The van der Waals surface area contributed by atoms with Crippen LogP contribution in [0.3, 0.4) is 0 Å². The van der Waals surface area contributed by atoms with Crippen molar-refractivity contribution in [1.82, 2.24) is 9.71 Å². The van der Waals surface area contributed by atoms with Crippen molar-refractivity contribution < 1.29 is 10.0 Å². The number of aromatic nitrogens is 2. The molecule has 0 fully saturated rings. The summed E-state index contributed by atoms with van der Waals surface area (Å²) < 4.78 is 0.851. The normalized spacial score (nSPS) is 12.8. The number of hydrogen-bond acceptors (Lipinski definition) is 4. The van der Waals surface area contributed by atoms with Crippen LogP contribution in [0.1, 0.15) is 5.69 Å². The zero-order chi connectivity index (χ0) is 8.27. The zero-order valence-electron chi connectivity index (χ0n) is 5.84. The molecular formula is C6H9N3O2. The molecule has 0 aliphatic carbocycles. The lowest BCUT2D eigenvalue weighted by Gasteiger charge is -2.01. The van der Waals surface area contributed by atoms with Gasteiger partial charge in [-0.3, -0.25) is 0 Å². The molecule has 1 rings (SSSR count). The van der Waals surface area contributed by atoms with Gasteiger partial charge in [0, 0.05) is 6.42 Å². The fraction of sp³-hybridized carbons (Fsp3) is 0.333. The van der Waals surface area contributed by atoms with Gasteiger partial charge in [-0.2, -0.15) is 4.73 Å². The van der Waals surface area contributed by atoms with E-state index in [0.717, 1.165) is 4.73 Å². The molecule has 0 unspecified atom stereocenters. The second-order valence-electron chi connectivity index (χ2n) is 2.23. The van der Waals surface area contributed by atoms with Crippen molar-refractivity contribution in [2.24, 2.45) is 5.73 Å². The van der Waals surface area contributed by atoms with Gasteiger partial charge in [0.15, 0.2) is 0 Å². The van der Waals surface area contributed by atoms with E-state index in [1.807, 2.05) is 0 Å². The first kappa shape index (κ1) is 7.74. The summed E-state index contributed by atoms with van der Waals surface area (Å²) in [7, 11) is 0. The van der Waals surface area contributed by atoms with Crippen LogP contribution in [-0.2, 0) is 11.2 Å². The van der Waals surface area contributed by atoms with Crippen molar-refractivity contribution >= 4 is 6.29 Å². The molecule has 0 aliphatic heterocycles. The third-order valence-corrected chi connectivity index (χ3v) is 1.31. The van der Waals surface area contributed by atoms with E-state index < -0.39 is 6.04 Å². The lowest BCUT2D eigenvalue weighted by Crippen LogP contribution is -2.25. The van der Waals surface area contributed by atoms with Crippen molar-refractivity contribution in [3.63, 3.8) is 0 Å². The number of aldehydes is 1. The molecule has 0 radical (unpaired) electrons. The molecule has 5 heteroatoms. The third-order valence-electron chi connectivity index (χ3n) is 1.31. The molecule has 3 N–H and O–H groups in total. The second kappa shape index (κ2) is 3.16. The van der Waals surface area contributed by atoms with Gasteiger partial charge in [0.2, 0.25) is 0 Å². The first-order valence-electron chi connectivity index (χ1n) is 3.15. The highest BCUT2D eigenvalue weighted by atomic mass is 16.5. The fourth-order valence-electron chi connectivity index (χ4n) is 0.752. The van der Waals surface area contributed by atoms with Gasteiger partial charge in [-0.25, -0.2) is 4.98 Å². The number of imidazole rings is 1. The summed E-state index contributed by atoms with van der Waals surface area (Å²) in [6, 6.07) is -0.572. The maximum Gasteiger partial charge on any atom is 0.137 e. The van der Waals surface area contributed by atoms with E-state index in [0.29, 0.717) is 18.4 Å². The second-order valence-corrected chi connectivity index (χ2v) is 2.23. The van der Waals surface area contributed by atoms with Crippen LogP contribution in [0, 0.1) is 0 Å². The summed E-state index contributed by atoms with van der Waals surface area (Å²) in [6.07, 6.45) is 3.64. The van der Waals surface area contributed by atoms with Crippen LogP contribution in [-0.4, -0.2) is 27.2 Å². The smallest absolute Gasteiger partial charge is 0.137 e. The average molecular weight is 155 g/mol. The highest BCUT2D eigenvalue weighted by molar-refractivity contribution is 5.57. The van der Waals surface area contributed by atoms with Gasteiger partial charge in [-0.15, -0.1) is 0 Å². The Bertz CT molecular complexity index is 246. The minimum Gasteiger partial charge on any atom is -0.427 e. The molecule has 1 atom stereocenters. The quantitative estimate of drug-likeness (QED) is 0.442. The molecule has 0 amide bonds. The van der Waals surface area contributed by atoms with Gasteiger partial charge in [-0.1, -0.05) is 0 Å². The van der Waals surface area contributed by atoms with Gasteiger partial charge >= 0.3 is 0 Å². The molecule has 60 valence electrons. The molecule has 1 aromatic rings. The fourth-order valence-corrected chi connectivity index (χ4v) is 0.752. The van der Waals surface area contributed by atoms with Gasteiger partial charge < -0.3 is 15.7 Å². The Hall–Kier alpha value is -1.36. The largest absolute Gasteiger partial charge is 0.427 e. The molecule has 1 heterocycles. The molecule has 0 bridgehead atoms. The van der Waals surface area contributed by atoms with Crippen molar-refractivity contribution in [2.45, 2.75) is 12.5 Å². The van der Waals surface area contributed by atoms with Crippen LogP contribution in [0.5, 0.6) is 0 Å². The van der Waals surface area contributed by atoms with E-state index in [9.17, 15) is 4.79 Å². The van der Waals surface area contributed by atoms with E-state index in [1.165, 1.54) is 12.5 Å². The molecule has 0 aromatic carbocycles. The maximum absolute atomic E-state index is 10.1. The number of rotatable bonds is 3. The summed E-state index contributed by atoms with van der Waals surface area (Å²) in [5, 5.41) is 8.98. The van der Waals surface area contributed by atoms with E-state index in [2.05, 4.69) is 4.98 Å². The van der Waals surface area contributed by atoms with Crippen LogP contribution in [0.2, 0.25) is 0 Å². The Labute approximate surface area is 63.4 Å². The Morgan fingerprint density at radius 1 is 1.91 bits per heavy atom. The minimum absolute atomic E-state index is 0.306. The summed E-state index contributed by atoms with van der Waals surface area (Å²) in [5.74, 6) is 0. The molecule has 0 saturated carbocycles. The third kappa shape index (κ3) is 1.78. The highest BCUT2D eigenvalue weighted by Crippen LogP contribution is 1.97. The van der Waals surface area contributed by atoms with Gasteiger partial charge in [-0.05, 0) is 0 Å². The molecule has 0 saturated heterocycles. The molecule has 0 spiro atoms. The van der Waals surface area contributed by atoms with Crippen molar-refractivity contribution in [3.8, 4) is 0 Å². The van der Waals surface area contributed by atoms with E-state index in [-0.39, 0.29) is 0 Å². The van der Waals surface area contributed by atoms with Crippen LogP contribution < -0.4 is 5.73 Å². The average Bonchev–Trinajstić information content (AvgIpc) is 2.37. The van der Waals surface area contributed by atoms with E-state index in [1.54, 1.807) is 0 Å². The Morgan fingerprint density at radius 2 is 2.64 bits per heavy atom. The SMILES string of the molecule is N[C@H](C=O)Cc1cncn1O. The summed E-state index contributed by atoms with van der Waals surface area (Å²) in [6.45, 7) is 0. The molecule has 0 aliphatic rings. The summed E-state index contributed by atoms with van der Waals surface area (Å²) in [4.78, 5) is 13.8. The molecule has 5 nitrogen and oxygen atoms in total. The number of nitrogens with two attached hydrogens (primary N) is 1. The van der Waals surface area contributed by atoms with E-state index >= 15 is 0 Å². The Balaban J connectivity index is 2.63. The monoisotopic (exact) mass is 155 g/mol. The minimum atomic E-state index is -0.572. The maximum atomic E-state index is 10.1. The van der Waals surface area contributed by atoms with Crippen LogP contribution in [0.4, 0.5) is 0 Å². The van der Waals surface area contributed by atoms with E-state index in [4.69, 9.17) is 10.9 Å². The molecular weight excluding hydrogens is 146 g/mol. The van der Waals surface area contributed by atoms with Crippen molar-refractivity contribution in [2.75, 3.05) is 0 Å². The lowest BCUT2D eigenvalue weighted by molar-refractivity contribution is -0.108. The Morgan fingerprint density at radius 3 is 3.09 bits per heavy atom. The first-order valence-corrected chi connectivity index (χ1v) is 3.15. The Kier molecular flexibility index (Phi) is 2.22. The number of carbonyl (C=O) groups excluding carboxylic acids is 1. The summed E-state index contributed by atoms with van der Waals surface area (Å²) >= 11 is 0. The predicted molar refractivity (Wildman–Crippen MR) is 37.2 cm³/mol.